The Morgan fingerprint density at radius 2 is 1.69 bits per heavy atom. The maximum Gasteiger partial charge on any atom is 0.416 e. The third kappa shape index (κ3) is 6.14. The zero-order chi connectivity index (χ0) is 18.3. The van der Waals surface area contributed by atoms with E-state index in [-0.39, 0.29) is 12.4 Å². The molecule has 0 atom stereocenters. The van der Waals surface area contributed by atoms with Crippen LogP contribution >= 0.6 is 12.4 Å². The molecule has 1 aliphatic carbocycles. The quantitative estimate of drug-likeness (QED) is 0.540. The zero-order valence-corrected chi connectivity index (χ0v) is 16.5. The fourth-order valence-corrected chi connectivity index (χ4v) is 3.55. The minimum Gasteiger partial charge on any atom is -0.370 e. The second-order valence-electron chi connectivity index (χ2n) is 7.00. The van der Waals surface area contributed by atoms with Crippen molar-refractivity contribution in [3.05, 3.63) is 35.4 Å². The van der Waals surface area contributed by atoms with Crippen LogP contribution in [0.5, 0.6) is 0 Å². The molecular weight excluding hydrogens is 363 g/mol. The van der Waals surface area contributed by atoms with Crippen LogP contribution in [0.3, 0.4) is 0 Å². The van der Waals surface area contributed by atoms with Gasteiger partial charge in [0.2, 0.25) is 0 Å². The van der Waals surface area contributed by atoms with Crippen molar-refractivity contribution in [2.45, 2.75) is 76.6 Å². The standard InChI is InChI=1S/C20H30F3NO.ClH/c1-3-5-14-24-18-10-12-19(13-11-18,25-15-4-2)16-6-8-17(9-7-16)20(21,22)23;/h6-9,18,24H,3-5,10-15H2,1-2H3;1H. The first-order valence-electron chi connectivity index (χ1n) is 9.46. The summed E-state index contributed by atoms with van der Waals surface area (Å²) in [5, 5.41) is 3.59. The first kappa shape index (κ1) is 23.3. The first-order chi connectivity index (χ1) is 11.9. The summed E-state index contributed by atoms with van der Waals surface area (Å²) in [7, 11) is 0. The molecule has 1 fully saturated rings. The molecule has 0 aromatic heterocycles. The highest BCUT2D eigenvalue weighted by molar-refractivity contribution is 5.85. The number of unbranched alkanes of at least 4 members (excludes halogenated alkanes) is 1. The summed E-state index contributed by atoms with van der Waals surface area (Å²) in [6.45, 7) is 5.90. The molecule has 1 aromatic carbocycles. The van der Waals surface area contributed by atoms with Crippen LogP contribution in [0.4, 0.5) is 13.2 Å². The second kappa shape index (κ2) is 10.5. The Labute approximate surface area is 161 Å². The van der Waals surface area contributed by atoms with Crippen molar-refractivity contribution < 1.29 is 17.9 Å². The molecule has 1 aromatic rings. The van der Waals surface area contributed by atoms with Crippen molar-refractivity contribution in [1.82, 2.24) is 5.32 Å². The molecule has 1 saturated carbocycles. The van der Waals surface area contributed by atoms with Crippen molar-refractivity contribution in [2.24, 2.45) is 0 Å². The summed E-state index contributed by atoms with van der Waals surface area (Å²) >= 11 is 0. The van der Waals surface area contributed by atoms with Gasteiger partial charge in [-0.05, 0) is 62.8 Å². The number of nitrogens with one attached hydrogen (secondary N) is 1. The molecule has 1 aliphatic rings. The maximum absolute atomic E-state index is 12.8. The Balaban J connectivity index is 0.00000338. The smallest absolute Gasteiger partial charge is 0.370 e. The van der Waals surface area contributed by atoms with E-state index in [1.165, 1.54) is 25.0 Å². The van der Waals surface area contributed by atoms with Crippen molar-refractivity contribution in [3.63, 3.8) is 0 Å². The largest absolute Gasteiger partial charge is 0.416 e. The summed E-state index contributed by atoms with van der Waals surface area (Å²) in [6, 6.07) is 6.04. The van der Waals surface area contributed by atoms with Gasteiger partial charge in [-0.2, -0.15) is 13.2 Å². The lowest BCUT2D eigenvalue weighted by Gasteiger charge is -2.41. The summed E-state index contributed by atoms with van der Waals surface area (Å²) in [6.07, 6.45) is 2.65. The summed E-state index contributed by atoms with van der Waals surface area (Å²) < 4.78 is 44.7. The molecule has 0 radical (unpaired) electrons. The number of hydrogen-bond donors (Lipinski definition) is 1. The number of ether oxygens (including phenoxy) is 1. The molecule has 0 spiro atoms. The highest BCUT2D eigenvalue weighted by Gasteiger charge is 2.38. The van der Waals surface area contributed by atoms with Gasteiger partial charge >= 0.3 is 6.18 Å². The van der Waals surface area contributed by atoms with Gasteiger partial charge in [-0.25, -0.2) is 0 Å². The topological polar surface area (TPSA) is 21.3 Å². The van der Waals surface area contributed by atoms with Crippen molar-refractivity contribution in [3.8, 4) is 0 Å². The number of hydrogen-bond acceptors (Lipinski definition) is 2. The van der Waals surface area contributed by atoms with E-state index in [1.807, 2.05) is 0 Å². The molecule has 0 heterocycles. The molecule has 2 nitrogen and oxygen atoms in total. The Morgan fingerprint density at radius 1 is 1.08 bits per heavy atom. The van der Waals surface area contributed by atoms with E-state index in [0.29, 0.717) is 12.6 Å². The monoisotopic (exact) mass is 393 g/mol. The highest BCUT2D eigenvalue weighted by atomic mass is 35.5. The molecule has 26 heavy (non-hydrogen) atoms. The predicted octanol–water partition coefficient (Wildman–Crippen LogP) is 6.08. The summed E-state index contributed by atoms with van der Waals surface area (Å²) in [5.41, 5.74) is -0.166. The Bertz CT molecular complexity index is 511. The molecule has 0 bridgehead atoms. The van der Waals surface area contributed by atoms with Crippen LogP contribution in [0.2, 0.25) is 0 Å². The number of halogens is 4. The Hall–Kier alpha value is -0.780. The SMILES string of the molecule is CCCCNC1CCC(OCCC)(c2ccc(C(F)(F)F)cc2)CC1.Cl. The van der Waals surface area contributed by atoms with E-state index in [4.69, 9.17) is 4.74 Å². The molecule has 6 heteroatoms. The van der Waals surface area contributed by atoms with Crippen LogP contribution in [0.25, 0.3) is 0 Å². The van der Waals surface area contributed by atoms with Crippen LogP contribution in [-0.2, 0) is 16.5 Å². The fraction of sp³-hybridized carbons (Fsp3) is 0.700. The van der Waals surface area contributed by atoms with Gasteiger partial charge in [0.15, 0.2) is 0 Å². The van der Waals surface area contributed by atoms with E-state index in [9.17, 15) is 13.2 Å². The van der Waals surface area contributed by atoms with Gasteiger partial charge in [0.05, 0.1) is 11.2 Å². The van der Waals surface area contributed by atoms with Gasteiger partial charge < -0.3 is 10.1 Å². The number of benzene rings is 1. The minimum absolute atomic E-state index is 0. The van der Waals surface area contributed by atoms with Crippen LogP contribution in [0, 0.1) is 0 Å². The molecule has 0 saturated heterocycles. The lowest BCUT2D eigenvalue weighted by atomic mass is 9.77. The third-order valence-corrected chi connectivity index (χ3v) is 5.08. The minimum atomic E-state index is -4.29. The second-order valence-corrected chi connectivity index (χ2v) is 7.00. The lowest BCUT2D eigenvalue weighted by Crippen LogP contribution is -2.41. The number of rotatable bonds is 8. The van der Waals surface area contributed by atoms with E-state index in [1.54, 1.807) is 12.1 Å². The van der Waals surface area contributed by atoms with Crippen molar-refractivity contribution in [1.29, 1.82) is 0 Å². The van der Waals surface area contributed by atoms with Gasteiger partial charge in [0.25, 0.3) is 0 Å². The van der Waals surface area contributed by atoms with E-state index in [0.717, 1.165) is 44.2 Å². The average molecular weight is 394 g/mol. The fourth-order valence-electron chi connectivity index (χ4n) is 3.55. The molecule has 0 unspecified atom stereocenters. The van der Waals surface area contributed by atoms with Gasteiger partial charge in [-0.3, -0.25) is 0 Å². The normalized spacial score (nSPS) is 23.5. The third-order valence-electron chi connectivity index (χ3n) is 5.08. The van der Waals surface area contributed by atoms with Crippen LogP contribution in [0.15, 0.2) is 24.3 Å². The lowest BCUT2D eigenvalue weighted by molar-refractivity contribution is -0.137. The molecule has 1 N–H and O–H groups in total. The van der Waals surface area contributed by atoms with Gasteiger partial charge in [0.1, 0.15) is 0 Å². The van der Waals surface area contributed by atoms with E-state index < -0.39 is 17.3 Å². The molecule has 0 amide bonds. The van der Waals surface area contributed by atoms with Gasteiger partial charge in [-0.1, -0.05) is 32.4 Å². The summed E-state index contributed by atoms with van der Waals surface area (Å²) in [5.74, 6) is 0. The highest BCUT2D eigenvalue weighted by Crippen LogP contribution is 2.41. The Morgan fingerprint density at radius 3 is 2.19 bits per heavy atom. The molecule has 150 valence electrons. The summed E-state index contributed by atoms with van der Waals surface area (Å²) in [4.78, 5) is 0. The number of alkyl halides is 3. The van der Waals surface area contributed by atoms with Crippen LogP contribution < -0.4 is 5.32 Å². The van der Waals surface area contributed by atoms with Crippen molar-refractivity contribution >= 4 is 12.4 Å². The average Bonchev–Trinajstić information content (AvgIpc) is 2.61. The zero-order valence-electron chi connectivity index (χ0n) is 15.7. The van der Waals surface area contributed by atoms with Gasteiger partial charge in [-0.15, -0.1) is 12.4 Å². The van der Waals surface area contributed by atoms with Crippen LogP contribution in [0.1, 0.15) is 69.9 Å². The molecule has 0 aliphatic heterocycles. The van der Waals surface area contributed by atoms with Gasteiger partial charge in [0, 0.05) is 12.6 Å². The Kier molecular flexibility index (Phi) is 9.42. The van der Waals surface area contributed by atoms with E-state index >= 15 is 0 Å². The van der Waals surface area contributed by atoms with Crippen molar-refractivity contribution in [2.75, 3.05) is 13.2 Å². The van der Waals surface area contributed by atoms with Crippen LogP contribution in [-0.4, -0.2) is 19.2 Å². The maximum atomic E-state index is 12.8. The first-order valence-corrected chi connectivity index (χ1v) is 9.46. The molecule has 2 rings (SSSR count). The predicted molar refractivity (Wildman–Crippen MR) is 102 cm³/mol. The van der Waals surface area contributed by atoms with E-state index in [2.05, 4.69) is 19.2 Å². The molecular formula is C20H31ClF3NO.